The Labute approximate surface area is 137 Å². The Hall–Kier alpha value is -1.26. The highest BCUT2D eigenvalue weighted by atomic mass is 16.5. The molecule has 0 radical (unpaired) electrons. The van der Waals surface area contributed by atoms with Crippen molar-refractivity contribution in [3.63, 3.8) is 0 Å². The van der Waals surface area contributed by atoms with E-state index in [1.807, 2.05) is 6.07 Å². The minimum atomic E-state index is 0.0525. The predicted octanol–water partition coefficient (Wildman–Crippen LogP) is 2.47. The summed E-state index contributed by atoms with van der Waals surface area (Å²) in [6, 6.07) is 4.53. The number of ether oxygens (including phenoxy) is 2. The van der Waals surface area contributed by atoms with Crippen molar-refractivity contribution in [1.29, 1.82) is 0 Å². The molecule has 23 heavy (non-hydrogen) atoms. The lowest BCUT2D eigenvalue weighted by molar-refractivity contribution is -0.120. The lowest BCUT2D eigenvalue weighted by Gasteiger charge is -2.58. The molecule has 0 aromatic heterocycles. The first-order valence-electron chi connectivity index (χ1n) is 9.00. The van der Waals surface area contributed by atoms with E-state index >= 15 is 0 Å². The maximum Gasteiger partial charge on any atom is 0.165 e. The van der Waals surface area contributed by atoms with Gasteiger partial charge in [0.05, 0.1) is 6.10 Å². The average molecular weight is 315 g/mol. The molecule has 0 amide bonds. The van der Waals surface area contributed by atoms with Crippen LogP contribution in [0.25, 0.3) is 0 Å². The van der Waals surface area contributed by atoms with Crippen molar-refractivity contribution in [3.05, 3.63) is 23.3 Å². The summed E-state index contributed by atoms with van der Waals surface area (Å²) in [5, 5.41) is 10.4. The maximum atomic E-state index is 10.4. The standard InChI is InChI=1S/C19H25NO3/c1-3-22-15-7-5-12-13-10-11-4-6-14(21)17-16(11)19(12,18(15)23-17)8-9-20(13)2/h4,6,12-13,15,18,21H,3,5,7-10H2,1-2H3/t12?,13-,15?,18+,19+/m1/s1. The molecule has 1 saturated carbocycles. The first-order chi connectivity index (χ1) is 11.2. The highest BCUT2D eigenvalue weighted by Crippen LogP contribution is 2.63. The molecule has 4 heteroatoms. The van der Waals surface area contributed by atoms with Crippen LogP contribution in [0, 0.1) is 5.92 Å². The third-order valence-corrected chi connectivity index (χ3v) is 6.92. The SMILES string of the molecule is CCOC1CCC2[C@H]3Cc4ccc(O)c5c4[C@@]2(CCN3C)[C@H]1O5. The van der Waals surface area contributed by atoms with E-state index in [1.165, 1.54) is 17.5 Å². The number of nitrogens with zero attached hydrogens (tertiary/aromatic N) is 1. The Bertz CT molecular complexity index is 660. The van der Waals surface area contributed by atoms with Crippen LogP contribution < -0.4 is 4.74 Å². The molecular formula is C19H25NO3. The van der Waals surface area contributed by atoms with Gasteiger partial charge in [-0.05, 0) is 63.7 Å². The topological polar surface area (TPSA) is 41.9 Å². The summed E-state index contributed by atoms with van der Waals surface area (Å²) in [6.07, 6.45) is 4.69. The second-order valence-electron chi connectivity index (χ2n) is 7.71. The number of likely N-dealkylation sites (N-methyl/N-ethyl adjacent to an activating group) is 1. The van der Waals surface area contributed by atoms with E-state index in [-0.39, 0.29) is 17.6 Å². The van der Waals surface area contributed by atoms with E-state index in [1.54, 1.807) is 0 Å². The fourth-order valence-corrected chi connectivity index (χ4v) is 6.07. The van der Waals surface area contributed by atoms with Gasteiger partial charge in [-0.25, -0.2) is 0 Å². The van der Waals surface area contributed by atoms with Crippen LogP contribution >= 0.6 is 0 Å². The number of hydrogen-bond acceptors (Lipinski definition) is 4. The number of likely N-dealkylation sites (tertiary alicyclic amines) is 1. The van der Waals surface area contributed by atoms with Gasteiger partial charge in [-0.15, -0.1) is 0 Å². The Kier molecular flexibility index (Phi) is 2.85. The molecule has 2 fully saturated rings. The van der Waals surface area contributed by atoms with E-state index in [4.69, 9.17) is 9.47 Å². The van der Waals surface area contributed by atoms with Gasteiger partial charge >= 0.3 is 0 Å². The molecular weight excluding hydrogens is 290 g/mol. The zero-order valence-corrected chi connectivity index (χ0v) is 13.9. The second-order valence-corrected chi connectivity index (χ2v) is 7.71. The number of rotatable bonds is 2. The summed E-state index contributed by atoms with van der Waals surface area (Å²) >= 11 is 0. The molecule has 2 aliphatic carbocycles. The quantitative estimate of drug-likeness (QED) is 0.910. The summed E-state index contributed by atoms with van der Waals surface area (Å²) in [5.41, 5.74) is 2.75. The van der Waals surface area contributed by atoms with Gasteiger partial charge in [0.15, 0.2) is 11.5 Å². The Morgan fingerprint density at radius 3 is 3.09 bits per heavy atom. The smallest absolute Gasteiger partial charge is 0.165 e. The molecule has 5 rings (SSSR count). The monoisotopic (exact) mass is 315 g/mol. The number of phenolic OH excluding ortho intramolecular Hbond substituents is 1. The van der Waals surface area contributed by atoms with Gasteiger partial charge in [0.25, 0.3) is 0 Å². The number of piperidine rings is 1. The molecule has 1 saturated heterocycles. The third-order valence-electron chi connectivity index (χ3n) is 6.92. The van der Waals surface area contributed by atoms with Crippen LogP contribution in [0.15, 0.2) is 12.1 Å². The summed E-state index contributed by atoms with van der Waals surface area (Å²) < 4.78 is 12.5. The number of phenols is 1. The van der Waals surface area contributed by atoms with Crippen molar-refractivity contribution >= 4 is 0 Å². The first kappa shape index (κ1) is 14.1. The highest BCUT2D eigenvalue weighted by molar-refractivity contribution is 5.60. The van der Waals surface area contributed by atoms with E-state index in [0.29, 0.717) is 17.7 Å². The van der Waals surface area contributed by atoms with Gasteiger partial charge in [0.2, 0.25) is 0 Å². The van der Waals surface area contributed by atoms with Crippen molar-refractivity contribution in [1.82, 2.24) is 4.90 Å². The normalized spacial score (nSPS) is 40.6. The summed E-state index contributed by atoms with van der Waals surface area (Å²) in [5.74, 6) is 1.68. The molecule has 124 valence electrons. The molecule has 4 nitrogen and oxygen atoms in total. The van der Waals surface area contributed by atoms with Crippen LogP contribution in [0.1, 0.15) is 37.3 Å². The average Bonchev–Trinajstić information content (AvgIpc) is 2.90. The van der Waals surface area contributed by atoms with E-state index in [2.05, 4.69) is 24.9 Å². The van der Waals surface area contributed by atoms with Crippen LogP contribution in [0.3, 0.4) is 0 Å². The molecule has 2 unspecified atom stereocenters. The minimum absolute atomic E-state index is 0.0525. The van der Waals surface area contributed by atoms with Crippen LogP contribution in [0.2, 0.25) is 0 Å². The maximum absolute atomic E-state index is 10.4. The van der Waals surface area contributed by atoms with Crippen molar-refractivity contribution in [2.75, 3.05) is 20.2 Å². The largest absolute Gasteiger partial charge is 0.504 e. The lowest BCUT2D eigenvalue weighted by Crippen LogP contribution is -2.66. The zero-order valence-electron chi connectivity index (χ0n) is 13.9. The van der Waals surface area contributed by atoms with Gasteiger partial charge in [-0.1, -0.05) is 6.07 Å². The number of aromatic hydroxyl groups is 1. The fraction of sp³-hybridized carbons (Fsp3) is 0.684. The van der Waals surface area contributed by atoms with Gasteiger partial charge in [0.1, 0.15) is 6.10 Å². The summed E-state index contributed by atoms with van der Waals surface area (Å²) in [7, 11) is 2.27. The van der Waals surface area contributed by atoms with Crippen LogP contribution in [-0.4, -0.2) is 48.5 Å². The molecule has 1 N–H and O–H groups in total. The van der Waals surface area contributed by atoms with E-state index in [9.17, 15) is 5.11 Å². The van der Waals surface area contributed by atoms with E-state index < -0.39 is 0 Å². The molecule has 2 aliphatic heterocycles. The Balaban J connectivity index is 1.73. The zero-order chi connectivity index (χ0) is 15.8. The van der Waals surface area contributed by atoms with Crippen molar-refractivity contribution in [2.24, 2.45) is 5.92 Å². The van der Waals surface area contributed by atoms with Crippen LogP contribution in [0.5, 0.6) is 11.5 Å². The molecule has 1 aromatic carbocycles. The van der Waals surface area contributed by atoms with Crippen molar-refractivity contribution < 1.29 is 14.6 Å². The van der Waals surface area contributed by atoms with Gasteiger partial charge in [-0.3, -0.25) is 0 Å². The Morgan fingerprint density at radius 1 is 1.39 bits per heavy atom. The van der Waals surface area contributed by atoms with Crippen molar-refractivity contribution in [2.45, 2.75) is 56.3 Å². The van der Waals surface area contributed by atoms with Crippen LogP contribution in [-0.2, 0) is 16.6 Å². The minimum Gasteiger partial charge on any atom is -0.504 e. The molecule has 1 spiro atoms. The molecule has 2 heterocycles. The first-order valence-corrected chi connectivity index (χ1v) is 9.00. The fourth-order valence-electron chi connectivity index (χ4n) is 6.07. The molecule has 4 aliphatic rings. The van der Waals surface area contributed by atoms with Gasteiger partial charge in [0, 0.05) is 23.6 Å². The van der Waals surface area contributed by atoms with Crippen LogP contribution in [0.4, 0.5) is 0 Å². The van der Waals surface area contributed by atoms with Crippen molar-refractivity contribution in [3.8, 4) is 11.5 Å². The highest BCUT2D eigenvalue weighted by Gasteiger charge is 2.65. The third kappa shape index (κ3) is 1.59. The molecule has 5 atom stereocenters. The van der Waals surface area contributed by atoms with E-state index in [0.717, 1.165) is 38.2 Å². The van der Waals surface area contributed by atoms with Gasteiger partial charge in [-0.2, -0.15) is 0 Å². The molecule has 1 aromatic rings. The second kappa shape index (κ2) is 4.64. The number of hydrogen-bond donors (Lipinski definition) is 1. The predicted molar refractivity (Wildman–Crippen MR) is 87.1 cm³/mol. The lowest BCUT2D eigenvalue weighted by atomic mass is 9.51. The summed E-state index contributed by atoms with van der Waals surface area (Å²) in [4.78, 5) is 2.54. The molecule has 2 bridgehead atoms. The Morgan fingerprint density at radius 2 is 2.26 bits per heavy atom. The van der Waals surface area contributed by atoms with Gasteiger partial charge < -0.3 is 19.5 Å². The number of benzene rings is 1. The summed E-state index contributed by atoms with van der Waals surface area (Å²) in [6.45, 7) is 3.89.